The first-order valence-electron chi connectivity index (χ1n) is 8.93. The molecule has 30 heavy (non-hydrogen) atoms. The summed E-state index contributed by atoms with van der Waals surface area (Å²) in [6, 6.07) is 10.7. The number of anilines is 2. The molecule has 3 N–H and O–H groups in total. The molecule has 0 atom stereocenters. The topological polar surface area (TPSA) is 126 Å². The van der Waals surface area contributed by atoms with Gasteiger partial charge in [0, 0.05) is 29.8 Å². The van der Waals surface area contributed by atoms with Gasteiger partial charge in [-0.05, 0) is 42.9 Å². The highest BCUT2D eigenvalue weighted by atomic mass is 32.1. The zero-order chi connectivity index (χ0) is 21.7. The molecule has 0 aliphatic carbocycles. The molecule has 2 aromatic carbocycles. The number of rotatable bonds is 6. The Morgan fingerprint density at radius 2 is 2.00 bits per heavy atom. The van der Waals surface area contributed by atoms with E-state index in [1.807, 2.05) is 6.92 Å². The molecule has 2 amide bonds. The highest BCUT2D eigenvalue weighted by Gasteiger charge is 2.13. The predicted octanol–water partition coefficient (Wildman–Crippen LogP) is 4.07. The number of benzene rings is 2. The highest BCUT2D eigenvalue weighted by Crippen LogP contribution is 2.28. The molecular formula is C19H17N5O4S2. The second-order valence-corrected chi connectivity index (χ2v) is 7.65. The van der Waals surface area contributed by atoms with E-state index in [1.165, 1.54) is 35.6 Å². The molecule has 0 bridgehead atoms. The zero-order valence-electron chi connectivity index (χ0n) is 15.8. The van der Waals surface area contributed by atoms with Gasteiger partial charge in [-0.1, -0.05) is 24.3 Å². The van der Waals surface area contributed by atoms with E-state index in [-0.39, 0.29) is 22.3 Å². The fraction of sp³-hybridized carbons (Fsp3) is 0.158. The number of nitro benzene ring substituents is 1. The number of nitrogens with one attached hydrogen (secondary N) is 3. The minimum atomic E-state index is -0.573. The van der Waals surface area contributed by atoms with Crippen LogP contribution in [-0.2, 0) is 4.79 Å². The molecule has 0 fully saturated rings. The largest absolute Gasteiger partial charge is 0.332 e. The monoisotopic (exact) mass is 443 g/mol. The van der Waals surface area contributed by atoms with Gasteiger partial charge < -0.3 is 10.6 Å². The Hall–Kier alpha value is -3.44. The van der Waals surface area contributed by atoms with Crippen molar-refractivity contribution in [2.75, 3.05) is 10.6 Å². The first-order chi connectivity index (χ1) is 14.4. The average molecular weight is 444 g/mol. The van der Waals surface area contributed by atoms with Crippen LogP contribution in [0.5, 0.6) is 0 Å². The molecule has 3 aromatic rings. The van der Waals surface area contributed by atoms with Gasteiger partial charge in [0.25, 0.3) is 11.6 Å². The van der Waals surface area contributed by atoms with Crippen LogP contribution in [0.4, 0.5) is 16.5 Å². The van der Waals surface area contributed by atoms with Gasteiger partial charge in [0.2, 0.25) is 5.91 Å². The highest BCUT2D eigenvalue weighted by molar-refractivity contribution is 7.80. The number of carbonyl (C=O) groups excluding carboxylic acids is 2. The average Bonchev–Trinajstić information content (AvgIpc) is 3.09. The van der Waals surface area contributed by atoms with Crippen LogP contribution in [0.1, 0.15) is 30.1 Å². The SMILES string of the molecule is CCCC(=O)Nc1nc2ccc(NC(=S)NC(=O)c3cccc([N+](=O)[O-])c3)cc2s1. The maximum atomic E-state index is 12.3. The predicted molar refractivity (Wildman–Crippen MR) is 120 cm³/mol. The number of amides is 2. The van der Waals surface area contributed by atoms with Crippen LogP contribution < -0.4 is 16.0 Å². The molecule has 0 saturated carbocycles. The van der Waals surface area contributed by atoms with Gasteiger partial charge in [0.1, 0.15) is 0 Å². The number of aromatic nitrogens is 1. The number of thiazole rings is 1. The smallest absolute Gasteiger partial charge is 0.270 e. The number of carbonyl (C=O) groups is 2. The van der Waals surface area contributed by atoms with Gasteiger partial charge in [-0.25, -0.2) is 4.98 Å². The van der Waals surface area contributed by atoms with Crippen molar-refractivity contribution in [3.05, 3.63) is 58.1 Å². The minimum Gasteiger partial charge on any atom is -0.332 e. The van der Waals surface area contributed by atoms with E-state index in [0.29, 0.717) is 17.2 Å². The molecule has 0 radical (unpaired) electrons. The lowest BCUT2D eigenvalue weighted by Crippen LogP contribution is -2.34. The lowest BCUT2D eigenvalue weighted by molar-refractivity contribution is -0.384. The summed E-state index contributed by atoms with van der Waals surface area (Å²) in [4.78, 5) is 38.7. The number of nitro groups is 1. The van der Waals surface area contributed by atoms with Crippen LogP contribution in [0.2, 0.25) is 0 Å². The third-order valence-corrected chi connectivity index (χ3v) is 5.05. The summed E-state index contributed by atoms with van der Waals surface area (Å²) in [5.74, 6) is -0.643. The maximum Gasteiger partial charge on any atom is 0.270 e. The van der Waals surface area contributed by atoms with Crippen molar-refractivity contribution in [3.8, 4) is 0 Å². The van der Waals surface area contributed by atoms with Crippen LogP contribution in [0.3, 0.4) is 0 Å². The van der Waals surface area contributed by atoms with E-state index >= 15 is 0 Å². The van der Waals surface area contributed by atoms with E-state index in [1.54, 1.807) is 18.2 Å². The van der Waals surface area contributed by atoms with Crippen molar-refractivity contribution in [2.24, 2.45) is 0 Å². The van der Waals surface area contributed by atoms with Gasteiger partial charge in [-0.15, -0.1) is 0 Å². The van der Waals surface area contributed by atoms with Crippen LogP contribution >= 0.6 is 23.6 Å². The fourth-order valence-corrected chi connectivity index (χ4v) is 3.69. The van der Waals surface area contributed by atoms with E-state index in [9.17, 15) is 19.7 Å². The van der Waals surface area contributed by atoms with Crippen LogP contribution in [-0.4, -0.2) is 26.8 Å². The molecule has 11 heteroatoms. The van der Waals surface area contributed by atoms with Gasteiger partial charge in [0.05, 0.1) is 15.1 Å². The lowest BCUT2D eigenvalue weighted by atomic mass is 10.2. The van der Waals surface area contributed by atoms with Gasteiger partial charge in [-0.3, -0.25) is 25.0 Å². The number of non-ortho nitro benzene ring substituents is 1. The third-order valence-electron chi connectivity index (χ3n) is 3.92. The summed E-state index contributed by atoms with van der Waals surface area (Å²) in [7, 11) is 0. The lowest BCUT2D eigenvalue weighted by Gasteiger charge is -2.09. The van der Waals surface area contributed by atoms with E-state index in [2.05, 4.69) is 20.9 Å². The Morgan fingerprint density at radius 3 is 2.73 bits per heavy atom. The molecule has 1 aromatic heterocycles. The standard InChI is InChI=1S/C19H17N5O4S2/c1-2-4-16(25)22-19-21-14-8-7-12(10-15(14)30-19)20-18(29)23-17(26)11-5-3-6-13(9-11)24(27)28/h3,5-10H,2,4H2,1H3,(H,21,22,25)(H2,20,23,26,29). The molecule has 9 nitrogen and oxygen atoms in total. The van der Waals surface area contributed by atoms with Crippen LogP contribution in [0, 0.1) is 10.1 Å². The van der Waals surface area contributed by atoms with Crippen molar-refractivity contribution in [1.29, 1.82) is 0 Å². The summed E-state index contributed by atoms with van der Waals surface area (Å²) in [6.07, 6.45) is 1.19. The Kier molecular flexibility index (Phi) is 6.65. The second-order valence-electron chi connectivity index (χ2n) is 6.22. The number of nitrogens with zero attached hydrogens (tertiary/aromatic N) is 2. The number of hydrogen-bond acceptors (Lipinski definition) is 7. The fourth-order valence-electron chi connectivity index (χ4n) is 2.56. The molecule has 0 unspecified atom stereocenters. The number of fused-ring (bicyclic) bond motifs is 1. The van der Waals surface area contributed by atoms with Crippen molar-refractivity contribution < 1.29 is 14.5 Å². The summed E-state index contributed by atoms with van der Waals surface area (Å²) < 4.78 is 0.833. The van der Waals surface area contributed by atoms with Crippen molar-refractivity contribution >= 4 is 67.2 Å². The first-order valence-corrected chi connectivity index (χ1v) is 10.2. The Balaban J connectivity index is 1.66. The Morgan fingerprint density at radius 1 is 1.20 bits per heavy atom. The first kappa shape index (κ1) is 21.3. The van der Waals surface area contributed by atoms with E-state index < -0.39 is 10.8 Å². The van der Waals surface area contributed by atoms with Gasteiger partial charge in [0.15, 0.2) is 10.2 Å². The molecule has 0 aliphatic heterocycles. The van der Waals surface area contributed by atoms with Gasteiger partial charge in [-0.2, -0.15) is 0 Å². The Bertz CT molecular complexity index is 1140. The second kappa shape index (κ2) is 9.37. The van der Waals surface area contributed by atoms with Crippen molar-refractivity contribution in [3.63, 3.8) is 0 Å². The van der Waals surface area contributed by atoms with Gasteiger partial charge >= 0.3 is 0 Å². The normalized spacial score (nSPS) is 10.4. The quantitative estimate of drug-likeness (QED) is 0.298. The van der Waals surface area contributed by atoms with Crippen molar-refractivity contribution in [2.45, 2.75) is 19.8 Å². The molecule has 0 saturated heterocycles. The van der Waals surface area contributed by atoms with E-state index in [0.717, 1.165) is 16.6 Å². The molecule has 0 aliphatic rings. The van der Waals surface area contributed by atoms with Crippen molar-refractivity contribution in [1.82, 2.24) is 10.3 Å². The summed E-state index contributed by atoms with van der Waals surface area (Å²) in [5, 5.41) is 19.6. The minimum absolute atomic E-state index is 0.0480. The number of thiocarbonyl (C=S) groups is 1. The molecule has 0 spiro atoms. The summed E-state index contributed by atoms with van der Waals surface area (Å²) in [5.41, 5.74) is 1.29. The zero-order valence-corrected chi connectivity index (χ0v) is 17.4. The number of hydrogen-bond donors (Lipinski definition) is 3. The maximum absolute atomic E-state index is 12.3. The molecule has 154 valence electrons. The van der Waals surface area contributed by atoms with E-state index in [4.69, 9.17) is 12.2 Å². The molecular weight excluding hydrogens is 426 g/mol. The summed E-state index contributed by atoms with van der Waals surface area (Å²) >= 11 is 6.49. The third kappa shape index (κ3) is 5.33. The van der Waals surface area contributed by atoms with Crippen LogP contribution in [0.25, 0.3) is 10.2 Å². The molecule has 1 heterocycles. The summed E-state index contributed by atoms with van der Waals surface area (Å²) in [6.45, 7) is 1.93. The van der Waals surface area contributed by atoms with Crippen LogP contribution in [0.15, 0.2) is 42.5 Å². The molecule has 3 rings (SSSR count). The Labute approximate surface area is 180 Å².